The zero-order chi connectivity index (χ0) is 13.7. The number of ketones is 1. The van der Waals surface area contributed by atoms with Gasteiger partial charge in [0, 0.05) is 18.9 Å². The lowest BCUT2D eigenvalue weighted by atomic mass is 9.50. The molecule has 2 heteroatoms. The van der Waals surface area contributed by atoms with Gasteiger partial charge in [0.25, 0.3) is 0 Å². The van der Waals surface area contributed by atoms with Gasteiger partial charge in [-0.25, -0.2) is 0 Å². The molecular formula is C18H28O2. The number of carbonyl (C=O) groups is 1. The predicted molar refractivity (Wildman–Crippen MR) is 78.3 cm³/mol. The van der Waals surface area contributed by atoms with E-state index in [-0.39, 0.29) is 0 Å². The van der Waals surface area contributed by atoms with Crippen molar-refractivity contribution in [3.8, 4) is 0 Å². The van der Waals surface area contributed by atoms with Crippen molar-refractivity contribution in [1.29, 1.82) is 0 Å². The Morgan fingerprint density at radius 3 is 2.15 bits per heavy atom. The molecule has 5 rings (SSSR count). The molecule has 20 heavy (non-hydrogen) atoms. The molecule has 2 nitrogen and oxygen atoms in total. The molecule has 5 saturated carbocycles. The van der Waals surface area contributed by atoms with Crippen LogP contribution in [0.15, 0.2) is 0 Å². The normalized spacial score (nSPS) is 50.4. The van der Waals surface area contributed by atoms with Crippen LogP contribution < -0.4 is 0 Å². The summed E-state index contributed by atoms with van der Waals surface area (Å²) in [4.78, 5) is 13.1. The Balaban J connectivity index is 1.48. The third-order valence-electron chi connectivity index (χ3n) is 6.92. The van der Waals surface area contributed by atoms with Crippen LogP contribution in [-0.2, 0) is 9.53 Å². The van der Waals surface area contributed by atoms with E-state index < -0.39 is 0 Å². The summed E-state index contributed by atoms with van der Waals surface area (Å²) in [5, 5.41) is 0. The van der Waals surface area contributed by atoms with Crippen molar-refractivity contribution in [2.24, 2.45) is 35.5 Å². The first-order chi connectivity index (χ1) is 9.74. The van der Waals surface area contributed by atoms with Crippen LogP contribution in [-0.4, -0.2) is 19.0 Å². The molecular weight excluding hydrogens is 248 g/mol. The molecule has 0 radical (unpaired) electrons. The number of methoxy groups -OCH3 is 1. The molecule has 5 aliphatic rings. The summed E-state index contributed by atoms with van der Waals surface area (Å²) in [6.07, 6.45) is 11.7. The van der Waals surface area contributed by atoms with E-state index in [9.17, 15) is 4.79 Å². The van der Waals surface area contributed by atoms with Crippen LogP contribution in [0.25, 0.3) is 0 Å². The van der Waals surface area contributed by atoms with Crippen LogP contribution >= 0.6 is 0 Å². The van der Waals surface area contributed by atoms with Gasteiger partial charge in [-0.3, -0.25) is 4.79 Å². The second kappa shape index (κ2) is 5.12. The lowest BCUT2D eigenvalue weighted by Gasteiger charge is -2.54. The number of Topliss-reactive ketones (excluding diaryl/α,β-unsaturated/α-hetero) is 1. The Morgan fingerprint density at radius 2 is 1.55 bits per heavy atom. The minimum absolute atomic E-state index is 0.316. The molecule has 0 aromatic heterocycles. The molecule has 0 N–H and O–H groups in total. The van der Waals surface area contributed by atoms with E-state index in [0.717, 1.165) is 42.9 Å². The highest BCUT2D eigenvalue weighted by molar-refractivity contribution is 5.84. The molecule has 0 aromatic carbocycles. The molecule has 2 unspecified atom stereocenters. The lowest BCUT2D eigenvalue weighted by molar-refractivity contribution is -0.142. The summed E-state index contributed by atoms with van der Waals surface area (Å²) in [6.45, 7) is 0. The van der Waals surface area contributed by atoms with E-state index in [1.807, 2.05) is 0 Å². The number of carbonyl (C=O) groups excluding carboxylic acids is 1. The molecule has 4 bridgehead atoms. The molecule has 5 fully saturated rings. The summed E-state index contributed by atoms with van der Waals surface area (Å²) < 4.78 is 5.52. The Kier molecular flexibility index (Phi) is 3.41. The lowest BCUT2D eigenvalue weighted by Crippen LogP contribution is -2.49. The first-order valence-corrected chi connectivity index (χ1v) is 8.81. The summed E-state index contributed by atoms with van der Waals surface area (Å²) in [6, 6.07) is 0. The maximum Gasteiger partial charge on any atom is 0.139 e. The van der Waals surface area contributed by atoms with E-state index >= 15 is 0 Å². The van der Waals surface area contributed by atoms with Crippen molar-refractivity contribution in [3.63, 3.8) is 0 Å². The number of rotatable bonds is 3. The smallest absolute Gasteiger partial charge is 0.139 e. The molecule has 2 atom stereocenters. The maximum atomic E-state index is 13.1. The van der Waals surface area contributed by atoms with Gasteiger partial charge in [0.05, 0.1) is 6.10 Å². The zero-order valence-corrected chi connectivity index (χ0v) is 12.7. The van der Waals surface area contributed by atoms with Crippen molar-refractivity contribution >= 4 is 5.78 Å². The summed E-state index contributed by atoms with van der Waals surface area (Å²) in [7, 11) is 1.81. The first kappa shape index (κ1) is 13.3. The van der Waals surface area contributed by atoms with Crippen molar-refractivity contribution in [1.82, 2.24) is 0 Å². The van der Waals surface area contributed by atoms with Gasteiger partial charge in [0.15, 0.2) is 0 Å². The van der Waals surface area contributed by atoms with Gasteiger partial charge in [0.2, 0.25) is 0 Å². The Labute approximate surface area is 122 Å². The minimum Gasteiger partial charge on any atom is -0.381 e. The molecule has 112 valence electrons. The summed E-state index contributed by atoms with van der Waals surface area (Å²) in [5.74, 6) is 4.84. The quantitative estimate of drug-likeness (QED) is 0.783. The van der Waals surface area contributed by atoms with E-state index in [4.69, 9.17) is 4.74 Å². The largest absolute Gasteiger partial charge is 0.381 e. The van der Waals surface area contributed by atoms with Crippen molar-refractivity contribution in [3.05, 3.63) is 0 Å². The average molecular weight is 276 g/mol. The standard InChI is InChI=1S/C18H28O2/c1-20-16-4-2-3-13(10-16)18(19)17-14-6-11-5-12(8-14)9-15(17)7-11/h11-17H,2-10H2,1H3. The molecule has 0 aliphatic heterocycles. The minimum atomic E-state index is 0.316. The second-order valence-corrected chi connectivity index (χ2v) is 8.08. The Bertz CT molecular complexity index is 361. The van der Waals surface area contributed by atoms with Crippen LogP contribution in [0.1, 0.15) is 57.8 Å². The van der Waals surface area contributed by atoms with Crippen LogP contribution in [0, 0.1) is 35.5 Å². The summed E-state index contributed by atoms with van der Waals surface area (Å²) in [5.41, 5.74) is 0. The second-order valence-electron chi connectivity index (χ2n) is 8.08. The molecule has 0 amide bonds. The van der Waals surface area contributed by atoms with Gasteiger partial charge in [0.1, 0.15) is 5.78 Å². The number of hydrogen-bond acceptors (Lipinski definition) is 2. The Hall–Kier alpha value is -0.370. The Morgan fingerprint density at radius 1 is 0.900 bits per heavy atom. The van der Waals surface area contributed by atoms with Gasteiger partial charge in [-0.1, -0.05) is 6.42 Å². The fourth-order valence-electron chi connectivity index (χ4n) is 6.28. The third-order valence-corrected chi connectivity index (χ3v) is 6.92. The van der Waals surface area contributed by atoms with Crippen LogP contribution in [0.4, 0.5) is 0 Å². The van der Waals surface area contributed by atoms with Gasteiger partial charge >= 0.3 is 0 Å². The highest BCUT2D eigenvalue weighted by atomic mass is 16.5. The molecule has 0 spiro atoms. The SMILES string of the molecule is COC1CCCC(C(=O)C2C3CC4CC(C3)CC2C4)C1. The molecule has 5 aliphatic carbocycles. The monoisotopic (exact) mass is 276 g/mol. The fourth-order valence-corrected chi connectivity index (χ4v) is 6.28. The fraction of sp³-hybridized carbons (Fsp3) is 0.944. The van der Waals surface area contributed by atoms with E-state index in [1.54, 1.807) is 7.11 Å². The van der Waals surface area contributed by atoms with E-state index in [2.05, 4.69) is 0 Å². The number of ether oxygens (including phenoxy) is 1. The third kappa shape index (κ3) is 2.15. The van der Waals surface area contributed by atoms with Crippen LogP contribution in [0.3, 0.4) is 0 Å². The zero-order valence-electron chi connectivity index (χ0n) is 12.7. The number of hydrogen-bond donors (Lipinski definition) is 0. The van der Waals surface area contributed by atoms with Crippen LogP contribution in [0.5, 0.6) is 0 Å². The predicted octanol–water partition coefficient (Wildman–Crippen LogP) is 3.83. The van der Waals surface area contributed by atoms with E-state index in [0.29, 0.717) is 23.7 Å². The molecule has 0 aromatic rings. The van der Waals surface area contributed by atoms with Crippen molar-refractivity contribution in [2.45, 2.75) is 63.9 Å². The van der Waals surface area contributed by atoms with Crippen LogP contribution in [0.2, 0.25) is 0 Å². The topological polar surface area (TPSA) is 26.3 Å². The van der Waals surface area contributed by atoms with Gasteiger partial charge in [-0.2, -0.15) is 0 Å². The highest BCUT2D eigenvalue weighted by Gasteiger charge is 2.51. The molecule has 0 heterocycles. The average Bonchev–Trinajstić information content (AvgIpc) is 2.46. The van der Waals surface area contributed by atoms with Gasteiger partial charge in [-0.15, -0.1) is 0 Å². The summed E-state index contributed by atoms with van der Waals surface area (Å²) >= 11 is 0. The van der Waals surface area contributed by atoms with Crippen molar-refractivity contribution < 1.29 is 9.53 Å². The highest BCUT2D eigenvalue weighted by Crippen LogP contribution is 2.57. The van der Waals surface area contributed by atoms with Crippen molar-refractivity contribution in [2.75, 3.05) is 7.11 Å². The van der Waals surface area contributed by atoms with Gasteiger partial charge in [-0.05, 0) is 75.0 Å². The van der Waals surface area contributed by atoms with Gasteiger partial charge < -0.3 is 4.74 Å². The first-order valence-electron chi connectivity index (χ1n) is 8.81. The van der Waals surface area contributed by atoms with E-state index in [1.165, 1.54) is 38.5 Å². The maximum absolute atomic E-state index is 13.1. The molecule has 0 saturated heterocycles.